The zero-order valence-electron chi connectivity index (χ0n) is 14.5. The van der Waals surface area contributed by atoms with Crippen LogP contribution in [0.2, 0.25) is 0 Å². The number of fused-ring (bicyclic) bond motifs is 1. The second-order valence-corrected chi connectivity index (χ2v) is 6.94. The van der Waals surface area contributed by atoms with E-state index < -0.39 is 4.92 Å². The van der Waals surface area contributed by atoms with Gasteiger partial charge < -0.3 is 10.6 Å². The van der Waals surface area contributed by atoms with Gasteiger partial charge in [0.25, 0.3) is 11.6 Å². The molecule has 6 nitrogen and oxygen atoms in total. The average molecular weight is 339 g/mol. The van der Waals surface area contributed by atoms with Crippen molar-refractivity contribution in [1.82, 2.24) is 5.32 Å². The van der Waals surface area contributed by atoms with Gasteiger partial charge in [0.15, 0.2) is 0 Å². The van der Waals surface area contributed by atoms with Crippen LogP contribution in [-0.2, 0) is 5.41 Å². The first-order chi connectivity index (χ1) is 11.8. The Morgan fingerprint density at radius 1 is 1.24 bits per heavy atom. The highest BCUT2D eigenvalue weighted by molar-refractivity contribution is 5.95. The molecule has 2 aromatic carbocycles. The molecule has 0 saturated heterocycles. The van der Waals surface area contributed by atoms with E-state index >= 15 is 0 Å². The molecule has 1 atom stereocenters. The minimum atomic E-state index is -0.458. The summed E-state index contributed by atoms with van der Waals surface area (Å²) in [5.74, 6) is -0.345. The van der Waals surface area contributed by atoms with Gasteiger partial charge in [-0.15, -0.1) is 0 Å². The monoisotopic (exact) mass is 339 g/mol. The second kappa shape index (κ2) is 6.20. The molecule has 1 aliphatic rings. The maximum atomic E-state index is 11.7. The molecule has 0 heterocycles. The van der Waals surface area contributed by atoms with E-state index in [0.29, 0.717) is 5.69 Å². The lowest BCUT2D eigenvalue weighted by Gasteiger charge is -2.20. The molecule has 0 spiro atoms. The van der Waals surface area contributed by atoms with E-state index in [2.05, 4.69) is 36.6 Å². The first kappa shape index (κ1) is 17.0. The Kier molecular flexibility index (Phi) is 4.20. The van der Waals surface area contributed by atoms with Crippen molar-refractivity contribution in [2.24, 2.45) is 0 Å². The Morgan fingerprint density at radius 3 is 2.64 bits per heavy atom. The average Bonchev–Trinajstić information content (AvgIpc) is 2.85. The van der Waals surface area contributed by atoms with Gasteiger partial charge in [0.1, 0.15) is 5.69 Å². The molecule has 3 rings (SSSR count). The van der Waals surface area contributed by atoms with Crippen molar-refractivity contribution in [3.63, 3.8) is 0 Å². The number of benzene rings is 2. The van der Waals surface area contributed by atoms with Gasteiger partial charge in [-0.3, -0.25) is 14.9 Å². The highest BCUT2D eigenvalue weighted by Gasteiger charge is 2.37. The van der Waals surface area contributed by atoms with E-state index in [4.69, 9.17) is 0 Å². The zero-order chi connectivity index (χ0) is 18.2. The van der Waals surface area contributed by atoms with Crippen molar-refractivity contribution >= 4 is 17.3 Å². The number of anilines is 1. The number of nitrogens with zero attached hydrogens (tertiary/aromatic N) is 1. The predicted molar refractivity (Wildman–Crippen MR) is 96.9 cm³/mol. The maximum absolute atomic E-state index is 11.7. The van der Waals surface area contributed by atoms with E-state index in [1.165, 1.54) is 18.7 Å². The van der Waals surface area contributed by atoms with Gasteiger partial charge in [0, 0.05) is 18.7 Å². The Morgan fingerprint density at radius 2 is 1.96 bits per heavy atom. The number of nitro benzene ring substituents is 1. The lowest BCUT2D eigenvalue weighted by Crippen LogP contribution is -2.18. The highest BCUT2D eigenvalue weighted by Crippen LogP contribution is 2.46. The van der Waals surface area contributed by atoms with Crippen LogP contribution in [-0.4, -0.2) is 17.9 Å². The van der Waals surface area contributed by atoms with Crippen LogP contribution in [0.4, 0.5) is 11.4 Å². The minimum absolute atomic E-state index is 0.00393. The molecule has 1 amide bonds. The first-order valence-electron chi connectivity index (χ1n) is 8.20. The van der Waals surface area contributed by atoms with Crippen molar-refractivity contribution in [1.29, 1.82) is 0 Å². The maximum Gasteiger partial charge on any atom is 0.293 e. The highest BCUT2D eigenvalue weighted by atomic mass is 16.6. The van der Waals surface area contributed by atoms with Gasteiger partial charge in [0.2, 0.25) is 0 Å². The Hall–Kier alpha value is -2.89. The van der Waals surface area contributed by atoms with E-state index in [0.717, 1.165) is 12.0 Å². The van der Waals surface area contributed by atoms with Gasteiger partial charge in [-0.25, -0.2) is 0 Å². The Labute approximate surface area is 146 Å². The third kappa shape index (κ3) is 3.07. The summed E-state index contributed by atoms with van der Waals surface area (Å²) in [6.07, 6.45) is 0.848. The van der Waals surface area contributed by atoms with Gasteiger partial charge >= 0.3 is 0 Å². The standard InChI is InChI=1S/C19H21N3O3/c1-19(2)11-16(13-6-4-5-7-14(13)19)21-15-9-8-12(18(23)20-3)10-17(15)22(24)25/h4-10,16,21H,11H2,1-3H3,(H,20,23). The van der Waals surface area contributed by atoms with Crippen LogP contribution >= 0.6 is 0 Å². The molecule has 2 aromatic rings. The number of hydrogen-bond acceptors (Lipinski definition) is 4. The fourth-order valence-electron chi connectivity index (χ4n) is 3.55. The van der Waals surface area contributed by atoms with Gasteiger partial charge in [-0.1, -0.05) is 38.1 Å². The molecule has 0 radical (unpaired) electrons. The second-order valence-electron chi connectivity index (χ2n) is 6.94. The molecule has 0 aromatic heterocycles. The summed E-state index contributed by atoms with van der Waals surface area (Å²) in [7, 11) is 1.50. The normalized spacial score (nSPS) is 17.6. The Balaban J connectivity index is 1.96. The molecule has 0 saturated carbocycles. The van der Waals surface area contributed by atoms with E-state index in [9.17, 15) is 14.9 Å². The summed E-state index contributed by atoms with van der Waals surface area (Å²) in [6.45, 7) is 4.35. The van der Waals surface area contributed by atoms with Crippen molar-refractivity contribution in [3.8, 4) is 0 Å². The van der Waals surface area contributed by atoms with Crippen LogP contribution < -0.4 is 10.6 Å². The molecule has 2 N–H and O–H groups in total. The smallest absolute Gasteiger partial charge is 0.293 e. The fraction of sp³-hybridized carbons (Fsp3) is 0.316. The molecule has 0 bridgehead atoms. The summed E-state index contributed by atoms with van der Waals surface area (Å²) in [5.41, 5.74) is 3.03. The molecular formula is C19H21N3O3. The number of carbonyl (C=O) groups is 1. The van der Waals surface area contributed by atoms with Crippen molar-refractivity contribution in [2.45, 2.75) is 31.7 Å². The van der Waals surface area contributed by atoms with E-state index in [1.807, 2.05) is 12.1 Å². The molecule has 130 valence electrons. The lowest BCUT2D eigenvalue weighted by molar-refractivity contribution is -0.384. The van der Waals surface area contributed by atoms with Gasteiger partial charge in [0.05, 0.1) is 11.0 Å². The predicted octanol–water partition coefficient (Wildman–Crippen LogP) is 3.79. The van der Waals surface area contributed by atoms with Crippen LogP contribution in [0.15, 0.2) is 42.5 Å². The molecular weight excluding hydrogens is 318 g/mol. The molecule has 1 unspecified atom stereocenters. The van der Waals surface area contributed by atoms with Gasteiger partial charge in [-0.05, 0) is 35.1 Å². The van der Waals surface area contributed by atoms with Crippen molar-refractivity contribution < 1.29 is 9.72 Å². The quantitative estimate of drug-likeness (QED) is 0.656. The van der Waals surface area contributed by atoms with Crippen LogP contribution in [0.25, 0.3) is 0 Å². The van der Waals surface area contributed by atoms with Crippen molar-refractivity contribution in [2.75, 3.05) is 12.4 Å². The Bertz CT molecular complexity index is 846. The molecule has 0 fully saturated rings. The van der Waals surface area contributed by atoms with E-state index in [1.54, 1.807) is 12.1 Å². The summed E-state index contributed by atoms with van der Waals surface area (Å²) in [6, 6.07) is 12.7. The first-order valence-corrected chi connectivity index (χ1v) is 8.20. The van der Waals surface area contributed by atoms with Crippen LogP contribution in [0.1, 0.15) is 47.8 Å². The third-order valence-electron chi connectivity index (χ3n) is 4.79. The summed E-state index contributed by atoms with van der Waals surface area (Å²) < 4.78 is 0. The fourth-order valence-corrected chi connectivity index (χ4v) is 3.55. The molecule has 1 aliphatic carbocycles. The van der Waals surface area contributed by atoms with Crippen LogP contribution in [0.5, 0.6) is 0 Å². The largest absolute Gasteiger partial charge is 0.373 e. The number of hydrogen-bond donors (Lipinski definition) is 2. The zero-order valence-corrected chi connectivity index (χ0v) is 14.5. The number of rotatable bonds is 4. The molecule has 0 aliphatic heterocycles. The summed E-state index contributed by atoms with van der Waals surface area (Å²) >= 11 is 0. The molecule has 6 heteroatoms. The lowest BCUT2D eigenvalue weighted by atomic mass is 9.86. The summed E-state index contributed by atoms with van der Waals surface area (Å²) in [5, 5.41) is 17.3. The topological polar surface area (TPSA) is 84.3 Å². The number of nitrogens with one attached hydrogen (secondary N) is 2. The SMILES string of the molecule is CNC(=O)c1ccc(NC2CC(C)(C)c3ccccc32)c([N+](=O)[O-])c1. The van der Waals surface area contributed by atoms with Crippen molar-refractivity contribution in [3.05, 3.63) is 69.3 Å². The minimum Gasteiger partial charge on any atom is -0.373 e. The third-order valence-corrected chi connectivity index (χ3v) is 4.79. The summed E-state index contributed by atoms with van der Waals surface area (Å²) in [4.78, 5) is 22.7. The molecule has 25 heavy (non-hydrogen) atoms. The van der Waals surface area contributed by atoms with Crippen LogP contribution in [0.3, 0.4) is 0 Å². The number of amides is 1. The van der Waals surface area contributed by atoms with Crippen LogP contribution in [0, 0.1) is 10.1 Å². The van der Waals surface area contributed by atoms with E-state index in [-0.39, 0.29) is 28.6 Å². The number of nitro groups is 1. The number of carbonyl (C=O) groups excluding carboxylic acids is 1. The van der Waals surface area contributed by atoms with Gasteiger partial charge in [-0.2, -0.15) is 0 Å².